The number of hydrazone groups is 1. The van der Waals surface area contributed by atoms with E-state index in [-0.39, 0.29) is 18.7 Å². The highest BCUT2D eigenvalue weighted by atomic mass is 16.7. The van der Waals surface area contributed by atoms with Crippen LogP contribution in [0, 0.1) is 0 Å². The van der Waals surface area contributed by atoms with Gasteiger partial charge in [-0.1, -0.05) is 18.2 Å². The number of benzene rings is 2. The molecule has 6 heteroatoms. The number of fused-ring (bicyclic) bond motifs is 1. The molecule has 0 aliphatic carbocycles. The molecule has 0 bridgehead atoms. The monoisotopic (exact) mass is 338 g/mol. The lowest BCUT2D eigenvalue weighted by Gasteiger charge is -2.22. The molecule has 0 N–H and O–H groups in total. The van der Waals surface area contributed by atoms with E-state index in [1.54, 1.807) is 7.11 Å². The van der Waals surface area contributed by atoms with Gasteiger partial charge in [-0.2, -0.15) is 5.10 Å². The minimum absolute atomic E-state index is 0.105. The molecule has 1 amide bonds. The fourth-order valence-electron chi connectivity index (χ4n) is 3.24. The van der Waals surface area contributed by atoms with Crippen molar-refractivity contribution < 1.29 is 19.0 Å². The molecule has 2 aromatic carbocycles. The number of rotatable bonds is 3. The molecule has 0 fully saturated rings. The molecule has 1 atom stereocenters. The van der Waals surface area contributed by atoms with Gasteiger partial charge >= 0.3 is 0 Å². The summed E-state index contributed by atoms with van der Waals surface area (Å²) in [5.41, 5.74) is 2.71. The summed E-state index contributed by atoms with van der Waals surface area (Å²) >= 11 is 0. The molecule has 2 aliphatic rings. The SMILES string of the molecule is COc1ccccc1[C@@H]1CC(c2ccc3c(c2)OCO3)=NN1C(C)=O. The highest BCUT2D eigenvalue weighted by molar-refractivity contribution is 6.03. The zero-order chi connectivity index (χ0) is 17.4. The van der Waals surface area contributed by atoms with Crippen LogP contribution in [0.3, 0.4) is 0 Å². The number of amides is 1. The highest BCUT2D eigenvalue weighted by Crippen LogP contribution is 2.39. The molecular formula is C19H18N2O4. The average molecular weight is 338 g/mol. The first-order valence-electron chi connectivity index (χ1n) is 8.07. The van der Waals surface area contributed by atoms with Gasteiger partial charge in [-0.05, 0) is 24.3 Å². The maximum atomic E-state index is 12.1. The highest BCUT2D eigenvalue weighted by Gasteiger charge is 2.33. The zero-order valence-electron chi connectivity index (χ0n) is 14.1. The van der Waals surface area contributed by atoms with Crippen molar-refractivity contribution in [2.24, 2.45) is 5.10 Å². The quantitative estimate of drug-likeness (QED) is 0.863. The summed E-state index contributed by atoms with van der Waals surface area (Å²) in [7, 11) is 1.63. The van der Waals surface area contributed by atoms with Crippen LogP contribution in [0.1, 0.15) is 30.5 Å². The zero-order valence-corrected chi connectivity index (χ0v) is 14.1. The Morgan fingerprint density at radius 2 is 2.00 bits per heavy atom. The molecule has 0 spiro atoms. The van der Waals surface area contributed by atoms with Crippen LogP contribution in [0.25, 0.3) is 0 Å². The van der Waals surface area contributed by atoms with Gasteiger partial charge in [0.05, 0.1) is 18.9 Å². The van der Waals surface area contributed by atoms with E-state index in [1.807, 2.05) is 42.5 Å². The lowest BCUT2D eigenvalue weighted by atomic mass is 9.97. The topological polar surface area (TPSA) is 60.4 Å². The van der Waals surface area contributed by atoms with E-state index < -0.39 is 0 Å². The van der Waals surface area contributed by atoms with Crippen molar-refractivity contribution in [1.82, 2.24) is 5.01 Å². The average Bonchev–Trinajstić information content (AvgIpc) is 3.27. The second kappa shape index (κ2) is 6.12. The Hall–Kier alpha value is -3.02. The van der Waals surface area contributed by atoms with E-state index in [2.05, 4.69) is 5.10 Å². The van der Waals surface area contributed by atoms with Gasteiger partial charge in [0.2, 0.25) is 12.7 Å². The van der Waals surface area contributed by atoms with Gasteiger partial charge in [-0.3, -0.25) is 4.79 Å². The number of carbonyl (C=O) groups is 1. The summed E-state index contributed by atoms with van der Waals surface area (Å²) in [6.45, 7) is 1.75. The summed E-state index contributed by atoms with van der Waals surface area (Å²) in [5.74, 6) is 2.08. The summed E-state index contributed by atoms with van der Waals surface area (Å²) in [6, 6.07) is 13.2. The van der Waals surface area contributed by atoms with Crippen molar-refractivity contribution in [2.45, 2.75) is 19.4 Å². The second-order valence-corrected chi connectivity index (χ2v) is 5.94. The van der Waals surface area contributed by atoms with Crippen LogP contribution in [0.5, 0.6) is 17.2 Å². The third-order valence-electron chi connectivity index (χ3n) is 4.44. The van der Waals surface area contributed by atoms with Crippen LogP contribution in [0.15, 0.2) is 47.6 Å². The summed E-state index contributed by atoms with van der Waals surface area (Å²) in [4.78, 5) is 12.1. The van der Waals surface area contributed by atoms with Gasteiger partial charge in [-0.15, -0.1) is 0 Å². The molecule has 0 radical (unpaired) electrons. The molecule has 25 heavy (non-hydrogen) atoms. The van der Waals surface area contributed by atoms with E-state index in [4.69, 9.17) is 14.2 Å². The van der Waals surface area contributed by atoms with Crippen LogP contribution in [-0.2, 0) is 4.79 Å². The van der Waals surface area contributed by atoms with Crippen molar-refractivity contribution in [3.8, 4) is 17.2 Å². The van der Waals surface area contributed by atoms with E-state index in [9.17, 15) is 4.79 Å². The third kappa shape index (κ3) is 2.69. The van der Waals surface area contributed by atoms with Gasteiger partial charge < -0.3 is 14.2 Å². The minimum atomic E-state index is -0.186. The van der Waals surface area contributed by atoms with Gasteiger partial charge in [0.15, 0.2) is 11.5 Å². The van der Waals surface area contributed by atoms with Gasteiger partial charge in [0.1, 0.15) is 5.75 Å². The normalized spacial score (nSPS) is 18.2. The van der Waals surface area contributed by atoms with Crippen molar-refractivity contribution in [3.05, 3.63) is 53.6 Å². The van der Waals surface area contributed by atoms with Crippen LogP contribution in [0.4, 0.5) is 0 Å². The fourth-order valence-corrected chi connectivity index (χ4v) is 3.24. The van der Waals surface area contributed by atoms with Crippen LogP contribution >= 0.6 is 0 Å². The molecule has 6 nitrogen and oxygen atoms in total. The molecule has 128 valence electrons. The molecule has 0 saturated carbocycles. The molecule has 0 unspecified atom stereocenters. The van der Waals surface area contributed by atoms with Gasteiger partial charge in [-0.25, -0.2) is 5.01 Å². The van der Waals surface area contributed by atoms with Crippen molar-refractivity contribution in [3.63, 3.8) is 0 Å². The number of para-hydroxylation sites is 1. The molecule has 2 heterocycles. The van der Waals surface area contributed by atoms with Crippen LogP contribution in [-0.4, -0.2) is 30.5 Å². The molecule has 2 aliphatic heterocycles. The first-order chi connectivity index (χ1) is 12.2. The first-order valence-corrected chi connectivity index (χ1v) is 8.07. The fraction of sp³-hybridized carbons (Fsp3) is 0.263. The summed E-state index contributed by atoms with van der Waals surface area (Å²) < 4.78 is 16.3. The van der Waals surface area contributed by atoms with E-state index in [1.165, 1.54) is 11.9 Å². The lowest BCUT2D eigenvalue weighted by molar-refractivity contribution is -0.130. The van der Waals surface area contributed by atoms with Gasteiger partial charge in [0.25, 0.3) is 0 Å². The predicted molar refractivity (Wildman–Crippen MR) is 92.0 cm³/mol. The molecule has 0 saturated heterocycles. The second-order valence-electron chi connectivity index (χ2n) is 5.94. The number of hydrogen-bond acceptors (Lipinski definition) is 5. The van der Waals surface area contributed by atoms with E-state index >= 15 is 0 Å². The van der Waals surface area contributed by atoms with Crippen LogP contribution in [0.2, 0.25) is 0 Å². The number of nitrogens with zero attached hydrogens (tertiary/aromatic N) is 2. The van der Waals surface area contributed by atoms with Gasteiger partial charge in [0, 0.05) is 24.5 Å². The molecule has 2 aromatic rings. The summed E-state index contributed by atoms with van der Waals surface area (Å²) in [6.07, 6.45) is 0.611. The number of methoxy groups -OCH3 is 1. The predicted octanol–water partition coefficient (Wildman–Crippen LogP) is 3.12. The number of hydrogen-bond donors (Lipinski definition) is 0. The third-order valence-corrected chi connectivity index (χ3v) is 4.44. The Morgan fingerprint density at radius 1 is 1.20 bits per heavy atom. The Kier molecular flexibility index (Phi) is 3.80. The summed E-state index contributed by atoms with van der Waals surface area (Å²) in [5, 5.41) is 6.09. The van der Waals surface area contributed by atoms with E-state index in [0.717, 1.165) is 28.3 Å². The minimum Gasteiger partial charge on any atom is -0.496 e. The van der Waals surface area contributed by atoms with Crippen molar-refractivity contribution in [1.29, 1.82) is 0 Å². The Bertz CT molecular complexity index is 862. The maximum absolute atomic E-state index is 12.1. The number of ether oxygens (including phenoxy) is 3. The maximum Gasteiger partial charge on any atom is 0.240 e. The van der Waals surface area contributed by atoms with Crippen molar-refractivity contribution in [2.75, 3.05) is 13.9 Å². The molecular weight excluding hydrogens is 320 g/mol. The Labute approximate surface area is 145 Å². The largest absolute Gasteiger partial charge is 0.496 e. The molecule has 4 rings (SSSR count). The molecule has 0 aromatic heterocycles. The smallest absolute Gasteiger partial charge is 0.240 e. The Balaban J connectivity index is 1.70. The van der Waals surface area contributed by atoms with Crippen molar-refractivity contribution >= 4 is 11.6 Å². The lowest BCUT2D eigenvalue weighted by Crippen LogP contribution is -2.24. The first kappa shape index (κ1) is 15.5. The number of carbonyl (C=O) groups excluding carboxylic acids is 1. The Morgan fingerprint density at radius 3 is 2.80 bits per heavy atom. The van der Waals surface area contributed by atoms with Crippen LogP contribution < -0.4 is 14.2 Å². The van der Waals surface area contributed by atoms with E-state index in [0.29, 0.717) is 12.2 Å². The standard InChI is InChI=1S/C19H18N2O4/c1-12(22)21-16(14-5-3-4-6-17(14)23-2)10-15(20-21)13-7-8-18-19(9-13)25-11-24-18/h3-9,16H,10-11H2,1-2H3/t16-/m0/s1.